The fourth-order valence-electron chi connectivity index (χ4n) is 1.29. The van der Waals surface area contributed by atoms with Crippen LogP contribution in [0, 0.1) is 6.92 Å². The molecule has 0 bridgehead atoms. The van der Waals surface area contributed by atoms with E-state index in [9.17, 15) is 13.2 Å². The molecule has 3 nitrogen and oxygen atoms in total. The normalized spacial score (nSPS) is 13.5. The van der Waals surface area contributed by atoms with Gasteiger partial charge in [0.05, 0.1) is 12.2 Å². The minimum absolute atomic E-state index is 0.0495. The Morgan fingerprint density at radius 1 is 1.35 bits per heavy atom. The van der Waals surface area contributed by atoms with E-state index in [4.69, 9.17) is 14.9 Å². The summed E-state index contributed by atoms with van der Waals surface area (Å²) in [5.41, 5.74) is -0.666. The summed E-state index contributed by atoms with van der Waals surface area (Å²) in [6, 6.07) is 3.35. The van der Waals surface area contributed by atoms with Gasteiger partial charge in [0, 0.05) is 0 Å². The smallest absolute Gasteiger partial charge is 0.416 e. The van der Waals surface area contributed by atoms with Gasteiger partial charge in [0.1, 0.15) is 18.5 Å². The van der Waals surface area contributed by atoms with Gasteiger partial charge in [-0.15, -0.1) is 0 Å². The van der Waals surface area contributed by atoms with Crippen LogP contribution in [0.4, 0.5) is 13.2 Å². The number of hydrogen-bond donors (Lipinski definition) is 2. The number of halogens is 3. The standard InChI is InChI=1S/C11H13F3O3/c1-7-4-9(17-6-8(16)5-15)2-3-10(7)11(12,13)14/h2-4,8,15-16H,5-6H2,1H3. The highest BCUT2D eigenvalue weighted by molar-refractivity contribution is 5.36. The van der Waals surface area contributed by atoms with Crippen molar-refractivity contribution < 1.29 is 28.1 Å². The van der Waals surface area contributed by atoms with E-state index in [0.717, 1.165) is 6.07 Å². The first-order valence-electron chi connectivity index (χ1n) is 4.94. The molecule has 17 heavy (non-hydrogen) atoms. The number of ether oxygens (including phenoxy) is 1. The van der Waals surface area contributed by atoms with Crippen molar-refractivity contribution in [3.05, 3.63) is 29.3 Å². The first-order chi connectivity index (χ1) is 7.84. The predicted octanol–water partition coefficient (Wildman–Crippen LogP) is 1.75. The number of aliphatic hydroxyl groups excluding tert-OH is 2. The molecule has 0 aliphatic carbocycles. The Balaban J connectivity index is 2.76. The third-order valence-electron chi connectivity index (χ3n) is 2.16. The SMILES string of the molecule is Cc1cc(OCC(O)CO)ccc1C(F)(F)F. The van der Waals surface area contributed by atoms with Crippen LogP contribution in [0.3, 0.4) is 0 Å². The van der Waals surface area contributed by atoms with E-state index in [-0.39, 0.29) is 17.9 Å². The largest absolute Gasteiger partial charge is 0.491 e. The molecule has 0 aliphatic rings. The van der Waals surface area contributed by atoms with Crippen molar-refractivity contribution in [1.82, 2.24) is 0 Å². The number of alkyl halides is 3. The highest BCUT2D eigenvalue weighted by Gasteiger charge is 2.32. The molecule has 0 fully saturated rings. The van der Waals surface area contributed by atoms with Crippen molar-refractivity contribution in [3.8, 4) is 5.75 Å². The lowest BCUT2D eigenvalue weighted by atomic mass is 10.1. The van der Waals surface area contributed by atoms with Gasteiger partial charge in [-0.3, -0.25) is 0 Å². The molecule has 0 radical (unpaired) electrons. The number of hydrogen-bond acceptors (Lipinski definition) is 3. The zero-order valence-electron chi connectivity index (χ0n) is 9.16. The first kappa shape index (κ1) is 13.8. The van der Waals surface area contributed by atoms with Crippen LogP contribution in [0.5, 0.6) is 5.75 Å². The molecule has 1 aromatic rings. The van der Waals surface area contributed by atoms with E-state index in [1.54, 1.807) is 0 Å². The van der Waals surface area contributed by atoms with Gasteiger partial charge < -0.3 is 14.9 Å². The van der Waals surface area contributed by atoms with Gasteiger partial charge in [-0.05, 0) is 30.7 Å². The molecule has 0 spiro atoms. The zero-order valence-corrected chi connectivity index (χ0v) is 9.16. The molecule has 1 aromatic carbocycles. The van der Waals surface area contributed by atoms with Crippen molar-refractivity contribution >= 4 is 0 Å². The van der Waals surface area contributed by atoms with Crippen molar-refractivity contribution in [2.24, 2.45) is 0 Å². The molecule has 0 heterocycles. The van der Waals surface area contributed by atoms with E-state index in [1.807, 2.05) is 0 Å². The predicted molar refractivity (Wildman–Crippen MR) is 54.8 cm³/mol. The van der Waals surface area contributed by atoms with Crippen LogP contribution in [0.1, 0.15) is 11.1 Å². The van der Waals surface area contributed by atoms with Crippen molar-refractivity contribution in [3.63, 3.8) is 0 Å². The summed E-state index contributed by atoms with van der Waals surface area (Å²) in [5.74, 6) is 0.225. The minimum atomic E-state index is -4.38. The van der Waals surface area contributed by atoms with Gasteiger partial charge in [0.25, 0.3) is 0 Å². The van der Waals surface area contributed by atoms with E-state index in [0.29, 0.717) is 0 Å². The quantitative estimate of drug-likeness (QED) is 0.855. The van der Waals surface area contributed by atoms with E-state index < -0.39 is 24.5 Å². The molecular weight excluding hydrogens is 237 g/mol. The van der Waals surface area contributed by atoms with Crippen molar-refractivity contribution in [1.29, 1.82) is 0 Å². The Bertz CT molecular complexity index is 377. The zero-order chi connectivity index (χ0) is 13.1. The average Bonchev–Trinajstić information content (AvgIpc) is 2.24. The minimum Gasteiger partial charge on any atom is -0.491 e. The lowest BCUT2D eigenvalue weighted by molar-refractivity contribution is -0.138. The topological polar surface area (TPSA) is 49.7 Å². The third-order valence-corrected chi connectivity index (χ3v) is 2.16. The molecule has 0 aromatic heterocycles. The second-order valence-electron chi connectivity index (χ2n) is 3.62. The summed E-state index contributed by atoms with van der Waals surface area (Å²) in [6.45, 7) is 0.707. The van der Waals surface area contributed by atoms with Gasteiger partial charge in [-0.2, -0.15) is 13.2 Å². The second-order valence-corrected chi connectivity index (χ2v) is 3.62. The number of benzene rings is 1. The van der Waals surface area contributed by atoms with Gasteiger partial charge in [-0.25, -0.2) is 0 Å². The third kappa shape index (κ3) is 3.90. The van der Waals surface area contributed by atoms with Gasteiger partial charge in [0.15, 0.2) is 0 Å². The van der Waals surface area contributed by atoms with Gasteiger partial charge in [0.2, 0.25) is 0 Å². The summed E-state index contributed by atoms with van der Waals surface area (Å²) >= 11 is 0. The monoisotopic (exact) mass is 250 g/mol. The summed E-state index contributed by atoms with van der Waals surface area (Å²) < 4.78 is 42.3. The summed E-state index contributed by atoms with van der Waals surface area (Å²) in [4.78, 5) is 0. The van der Waals surface area contributed by atoms with Crippen molar-refractivity contribution in [2.45, 2.75) is 19.2 Å². The van der Waals surface area contributed by atoms with Gasteiger partial charge >= 0.3 is 6.18 Å². The maximum absolute atomic E-state index is 12.4. The van der Waals surface area contributed by atoms with E-state index in [1.165, 1.54) is 19.1 Å². The maximum atomic E-state index is 12.4. The van der Waals surface area contributed by atoms with Crippen LogP contribution in [0.2, 0.25) is 0 Å². The lowest BCUT2D eigenvalue weighted by Gasteiger charge is -2.13. The van der Waals surface area contributed by atoms with Crippen LogP contribution >= 0.6 is 0 Å². The molecule has 6 heteroatoms. The molecule has 1 unspecified atom stereocenters. The van der Waals surface area contributed by atoms with Crippen LogP contribution < -0.4 is 4.74 Å². The van der Waals surface area contributed by atoms with Gasteiger partial charge in [-0.1, -0.05) is 0 Å². The Labute approximate surface area is 96.5 Å². The highest BCUT2D eigenvalue weighted by atomic mass is 19.4. The molecule has 0 aliphatic heterocycles. The lowest BCUT2D eigenvalue weighted by Crippen LogP contribution is -2.21. The fourth-order valence-corrected chi connectivity index (χ4v) is 1.29. The summed E-state index contributed by atoms with van der Waals surface area (Å²) in [6.07, 6.45) is -5.43. The fraction of sp³-hybridized carbons (Fsp3) is 0.455. The summed E-state index contributed by atoms with van der Waals surface area (Å²) in [5, 5.41) is 17.6. The van der Waals surface area contributed by atoms with Crippen molar-refractivity contribution in [2.75, 3.05) is 13.2 Å². The Morgan fingerprint density at radius 3 is 2.47 bits per heavy atom. The molecule has 1 rings (SSSR count). The molecule has 0 amide bonds. The molecule has 2 N–H and O–H groups in total. The average molecular weight is 250 g/mol. The van der Waals surface area contributed by atoms with E-state index >= 15 is 0 Å². The van der Waals surface area contributed by atoms with E-state index in [2.05, 4.69) is 0 Å². The Morgan fingerprint density at radius 2 is 2.00 bits per heavy atom. The molecular formula is C11H13F3O3. The second kappa shape index (κ2) is 5.37. The molecule has 96 valence electrons. The van der Waals surface area contributed by atoms with Crippen LogP contribution in [-0.4, -0.2) is 29.5 Å². The van der Waals surface area contributed by atoms with Crippen LogP contribution in [0.15, 0.2) is 18.2 Å². The number of aryl methyl sites for hydroxylation is 1. The first-order valence-corrected chi connectivity index (χ1v) is 4.94. The highest BCUT2D eigenvalue weighted by Crippen LogP contribution is 2.33. The summed E-state index contributed by atoms with van der Waals surface area (Å²) in [7, 11) is 0. The molecule has 1 atom stereocenters. The van der Waals surface area contributed by atoms with Crippen LogP contribution in [0.25, 0.3) is 0 Å². The number of aliphatic hydroxyl groups is 2. The maximum Gasteiger partial charge on any atom is 0.416 e. The number of rotatable bonds is 4. The Hall–Kier alpha value is -1.27. The Kier molecular flexibility index (Phi) is 4.36. The molecule has 0 saturated carbocycles. The van der Waals surface area contributed by atoms with Crippen LogP contribution in [-0.2, 0) is 6.18 Å². The molecule has 0 saturated heterocycles.